The Labute approximate surface area is 83.9 Å². The Morgan fingerprint density at radius 3 is 2.00 bits per heavy atom. The highest BCUT2D eigenvalue weighted by Crippen LogP contribution is 2.30. The molecule has 0 aromatic rings. The Morgan fingerprint density at radius 1 is 1.07 bits per heavy atom. The summed E-state index contributed by atoms with van der Waals surface area (Å²) in [5.74, 6) is 0. The number of aliphatic hydroxyl groups is 3. The summed E-state index contributed by atoms with van der Waals surface area (Å²) in [6.07, 6.45) is -3.59. The molecule has 1 heterocycles. The molecular weight excluding hydrogens is 186 g/mol. The van der Waals surface area contributed by atoms with Crippen molar-refractivity contribution >= 4 is 0 Å². The lowest BCUT2D eigenvalue weighted by atomic mass is 9.86. The first-order valence-electron chi connectivity index (χ1n) is 4.66. The van der Waals surface area contributed by atoms with Gasteiger partial charge in [-0.1, -0.05) is 0 Å². The molecule has 0 aliphatic carbocycles. The minimum Gasteiger partial charge on any atom is -0.388 e. The fourth-order valence-electron chi connectivity index (χ4n) is 2.14. The molecule has 14 heavy (non-hydrogen) atoms. The van der Waals surface area contributed by atoms with Gasteiger partial charge in [0.25, 0.3) is 0 Å². The Morgan fingerprint density at radius 2 is 1.57 bits per heavy atom. The fraction of sp³-hybridized carbons (Fsp3) is 1.00. The number of aliphatic hydroxyl groups excluding tert-OH is 3. The van der Waals surface area contributed by atoms with E-state index in [4.69, 9.17) is 4.74 Å². The van der Waals surface area contributed by atoms with Crippen LogP contribution >= 0.6 is 0 Å². The smallest absolute Gasteiger partial charge is 0.184 e. The molecule has 4 atom stereocenters. The van der Waals surface area contributed by atoms with Crippen molar-refractivity contribution in [3.05, 3.63) is 0 Å². The fourth-order valence-corrected chi connectivity index (χ4v) is 2.14. The lowest BCUT2D eigenvalue weighted by Gasteiger charge is -2.48. The minimum absolute atomic E-state index is 0.346. The van der Waals surface area contributed by atoms with Crippen LogP contribution in [0.15, 0.2) is 0 Å². The highest BCUT2D eigenvalue weighted by atomic mass is 16.6. The molecule has 0 unspecified atom stereocenters. The van der Waals surface area contributed by atoms with Crippen molar-refractivity contribution in [1.82, 2.24) is 4.90 Å². The summed E-state index contributed by atoms with van der Waals surface area (Å²) >= 11 is 0. The van der Waals surface area contributed by atoms with E-state index in [1.165, 1.54) is 0 Å². The summed E-state index contributed by atoms with van der Waals surface area (Å²) in [4.78, 5) is 1.78. The highest BCUT2D eigenvalue weighted by molar-refractivity contribution is 4.98. The number of nitrogens with zero attached hydrogens (tertiary/aromatic N) is 1. The van der Waals surface area contributed by atoms with Crippen LogP contribution in [-0.2, 0) is 4.74 Å². The molecule has 1 fully saturated rings. The average molecular weight is 205 g/mol. The normalized spacial score (nSPS) is 42.9. The van der Waals surface area contributed by atoms with Crippen molar-refractivity contribution in [3.63, 3.8) is 0 Å². The van der Waals surface area contributed by atoms with E-state index in [2.05, 4.69) is 0 Å². The van der Waals surface area contributed by atoms with Crippen molar-refractivity contribution in [2.24, 2.45) is 0 Å². The molecule has 5 nitrogen and oxygen atoms in total. The number of ether oxygens (including phenoxy) is 1. The third kappa shape index (κ3) is 1.92. The third-order valence-electron chi connectivity index (χ3n) is 2.66. The molecule has 0 spiro atoms. The lowest BCUT2D eigenvalue weighted by molar-refractivity contribution is -0.295. The van der Waals surface area contributed by atoms with Crippen LogP contribution in [0, 0.1) is 0 Å². The van der Waals surface area contributed by atoms with Gasteiger partial charge in [0, 0.05) is 0 Å². The van der Waals surface area contributed by atoms with Crippen molar-refractivity contribution in [2.75, 3.05) is 14.1 Å². The largest absolute Gasteiger partial charge is 0.388 e. The number of hydrogen-bond acceptors (Lipinski definition) is 5. The van der Waals surface area contributed by atoms with Crippen molar-refractivity contribution < 1.29 is 20.1 Å². The predicted molar refractivity (Wildman–Crippen MR) is 50.7 cm³/mol. The van der Waals surface area contributed by atoms with E-state index in [1.807, 2.05) is 0 Å². The van der Waals surface area contributed by atoms with Crippen LogP contribution in [0.4, 0.5) is 0 Å². The maximum Gasteiger partial charge on any atom is 0.184 e. The van der Waals surface area contributed by atoms with Gasteiger partial charge >= 0.3 is 0 Å². The molecule has 5 heteroatoms. The zero-order chi connectivity index (χ0) is 11.1. The van der Waals surface area contributed by atoms with E-state index in [-0.39, 0.29) is 6.04 Å². The molecule has 0 bridgehead atoms. The van der Waals surface area contributed by atoms with Crippen LogP contribution < -0.4 is 0 Å². The SMILES string of the molecule is CN(C)[C@H]1[C@@H](O)[C@@H](O)[C@@H](O)OC1(C)C. The van der Waals surface area contributed by atoms with Gasteiger partial charge in [-0.2, -0.15) is 0 Å². The summed E-state index contributed by atoms with van der Waals surface area (Å²) in [7, 11) is 3.59. The van der Waals surface area contributed by atoms with Crippen LogP contribution in [0.5, 0.6) is 0 Å². The topological polar surface area (TPSA) is 73.2 Å². The van der Waals surface area contributed by atoms with Gasteiger partial charge in [0.2, 0.25) is 0 Å². The van der Waals surface area contributed by atoms with Crippen LogP contribution in [0.1, 0.15) is 13.8 Å². The van der Waals surface area contributed by atoms with Crippen LogP contribution in [0.3, 0.4) is 0 Å². The molecule has 0 radical (unpaired) electrons. The maximum absolute atomic E-state index is 9.78. The molecule has 0 aromatic heterocycles. The van der Waals surface area contributed by atoms with Crippen LogP contribution in [0.25, 0.3) is 0 Å². The summed E-state index contributed by atoms with van der Waals surface area (Å²) in [6, 6.07) is -0.346. The van der Waals surface area contributed by atoms with Gasteiger partial charge in [0.15, 0.2) is 6.29 Å². The first-order chi connectivity index (χ1) is 6.27. The summed E-state index contributed by atoms with van der Waals surface area (Å²) in [6.45, 7) is 3.55. The van der Waals surface area contributed by atoms with Gasteiger partial charge in [-0.3, -0.25) is 0 Å². The van der Waals surface area contributed by atoms with Gasteiger partial charge in [-0.05, 0) is 27.9 Å². The molecule has 1 aliphatic rings. The van der Waals surface area contributed by atoms with Crippen LogP contribution in [-0.4, -0.2) is 64.5 Å². The van der Waals surface area contributed by atoms with Crippen molar-refractivity contribution in [2.45, 2.75) is 44.0 Å². The summed E-state index contributed by atoms with van der Waals surface area (Å²) < 4.78 is 5.23. The summed E-state index contributed by atoms with van der Waals surface area (Å²) in [5.41, 5.74) is -0.693. The van der Waals surface area contributed by atoms with Gasteiger partial charge in [-0.15, -0.1) is 0 Å². The van der Waals surface area contributed by atoms with E-state index >= 15 is 0 Å². The second-order valence-corrected chi connectivity index (χ2v) is 4.50. The monoisotopic (exact) mass is 205 g/mol. The molecule has 0 saturated carbocycles. The van der Waals surface area contributed by atoms with Gasteiger partial charge < -0.3 is 25.0 Å². The van der Waals surface area contributed by atoms with E-state index in [0.717, 1.165) is 0 Å². The second-order valence-electron chi connectivity index (χ2n) is 4.50. The van der Waals surface area contributed by atoms with E-state index in [0.29, 0.717) is 0 Å². The average Bonchev–Trinajstić information content (AvgIpc) is 1.98. The molecule has 0 amide bonds. The first-order valence-corrected chi connectivity index (χ1v) is 4.66. The minimum atomic E-state index is -1.32. The molecular formula is C9H19NO4. The van der Waals surface area contributed by atoms with Gasteiger partial charge in [0.1, 0.15) is 12.2 Å². The van der Waals surface area contributed by atoms with Gasteiger partial charge in [0.05, 0.1) is 11.6 Å². The Kier molecular flexibility index (Phi) is 3.18. The first kappa shape index (κ1) is 11.9. The molecule has 1 saturated heterocycles. The number of hydrogen-bond donors (Lipinski definition) is 3. The van der Waals surface area contributed by atoms with Crippen LogP contribution in [0.2, 0.25) is 0 Å². The molecule has 1 rings (SSSR count). The number of rotatable bonds is 1. The summed E-state index contributed by atoms with van der Waals surface area (Å²) in [5, 5.41) is 28.6. The van der Waals surface area contributed by atoms with Gasteiger partial charge in [-0.25, -0.2) is 0 Å². The van der Waals surface area contributed by atoms with Crippen molar-refractivity contribution in [3.8, 4) is 0 Å². The predicted octanol–water partition coefficient (Wildman–Crippen LogP) is -1.23. The molecule has 3 N–H and O–H groups in total. The molecule has 84 valence electrons. The van der Waals surface area contributed by atoms with Crippen molar-refractivity contribution in [1.29, 1.82) is 0 Å². The standard InChI is InChI=1S/C9H19NO4/c1-9(2)7(10(3)4)5(11)6(12)8(13)14-9/h5-8,11-13H,1-4H3/t5-,6+,7-,8-/m0/s1. The van der Waals surface area contributed by atoms with E-state index in [9.17, 15) is 15.3 Å². The lowest BCUT2D eigenvalue weighted by Crippen LogP contribution is -2.66. The quantitative estimate of drug-likeness (QED) is 0.499. The Bertz CT molecular complexity index is 207. The number of likely N-dealkylation sites (N-methyl/N-ethyl adjacent to an activating group) is 1. The zero-order valence-corrected chi connectivity index (χ0v) is 9.01. The van der Waals surface area contributed by atoms with E-state index in [1.54, 1.807) is 32.8 Å². The highest BCUT2D eigenvalue weighted by Gasteiger charge is 2.49. The third-order valence-corrected chi connectivity index (χ3v) is 2.66. The van der Waals surface area contributed by atoms with E-state index < -0.39 is 24.1 Å². The molecule has 1 aliphatic heterocycles. The Balaban J connectivity index is 2.90. The second kappa shape index (κ2) is 3.75. The maximum atomic E-state index is 9.78. The molecule has 0 aromatic carbocycles. The Hall–Kier alpha value is -0.200. The zero-order valence-electron chi connectivity index (χ0n) is 9.01.